The summed E-state index contributed by atoms with van der Waals surface area (Å²) in [4.78, 5) is 11.2. The minimum atomic E-state index is -3.55. The number of rotatable bonds is 3. The summed E-state index contributed by atoms with van der Waals surface area (Å²) in [5, 5.41) is 2.62. The summed E-state index contributed by atoms with van der Waals surface area (Å²) in [6.45, 7) is 3.48. The third-order valence-corrected chi connectivity index (χ3v) is 6.23. The number of ether oxygens (including phenoxy) is 2. The summed E-state index contributed by atoms with van der Waals surface area (Å²) in [7, 11) is -3.55. The molecule has 8 heteroatoms. The quantitative estimate of drug-likeness (QED) is 0.890. The van der Waals surface area contributed by atoms with Crippen LogP contribution in [0.2, 0.25) is 0 Å². The van der Waals surface area contributed by atoms with E-state index in [1.807, 2.05) is 0 Å². The molecular weight excluding hydrogens is 332 g/mol. The van der Waals surface area contributed by atoms with E-state index < -0.39 is 15.8 Å². The largest absolute Gasteiger partial charge is 0.350 e. The van der Waals surface area contributed by atoms with Gasteiger partial charge >= 0.3 is 0 Å². The molecule has 2 saturated heterocycles. The van der Waals surface area contributed by atoms with Crippen LogP contribution < -0.4 is 5.32 Å². The number of amides is 1. The topological polar surface area (TPSA) is 84.9 Å². The number of carbonyl (C=O) groups excluding carboxylic acids is 1. The number of nitrogens with one attached hydrogen (secondary N) is 1. The molecule has 2 aliphatic rings. The van der Waals surface area contributed by atoms with Crippen LogP contribution in [0.5, 0.6) is 0 Å². The van der Waals surface area contributed by atoms with Crippen molar-refractivity contribution in [3.8, 4) is 0 Å². The van der Waals surface area contributed by atoms with Gasteiger partial charge in [-0.25, -0.2) is 8.42 Å². The van der Waals surface area contributed by atoms with E-state index in [0.29, 0.717) is 44.8 Å². The number of carbonyl (C=O) groups is 1. The second-order valence-corrected chi connectivity index (χ2v) is 8.01. The van der Waals surface area contributed by atoms with Crippen LogP contribution in [0.25, 0.3) is 0 Å². The van der Waals surface area contributed by atoms with Crippen LogP contribution in [0, 0.1) is 0 Å². The van der Waals surface area contributed by atoms with Gasteiger partial charge in [0.1, 0.15) is 0 Å². The number of piperidine rings is 1. The van der Waals surface area contributed by atoms with E-state index >= 15 is 0 Å². The number of nitrogens with zero attached hydrogens (tertiary/aromatic N) is 1. The molecule has 1 aromatic rings. The average Bonchev–Trinajstić information content (AvgIpc) is 2.56. The lowest BCUT2D eigenvalue weighted by Gasteiger charge is -2.42. The first-order chi connectivity index (χ1) is 11.4. The highest BCUT2D eigenvalue weighted by molar-refractivity contribution is 7.89. The first-order valence-corrected chi connectivity index (χ1v) is 9.51. The highest BCUT2D eigenvalue weighted by atomic mass is 32.2. The second-order valence-electron chi connectivity index (χ2n) is 6.07. The summed E-state index contributed by atoms with van der Waals surface area (Å²) >= 11 is 0. The minimum absolute atomic E-state index is 0.195. The van der Waals surface area contributed by atoms with Gasteiger partial charge in [0.05, 0.1) is 18.1 Å². The SMILES string of the molecule is CC(=O)Nc1ccc(S(=O)(=O)N2CCC3(CC2)OCCCO3)cc1. The molecule has 1 N–H and O–H groups in total. The number of hydrogen-bond donors (Lipinski definition) is 1. The van der Waals surface area contributed by atoms with Crippen molar-refractivity contribution in [3.63, 3.8) is 0 Å². The van der Waals surface area contributed by atoms with Crippen LogP contribution in [-0.4, -0.2) is 50.7 Å². The highest BCUT2D eigenvalue weighted by Crippen LogP contribution is 2.33. The molecule has 0 unspecified atom stereocenters. The van der Waals surface area contributed by atoms with Crippen LogP contribution in [0.3, 0.4) is 0 Å². The predicted octanol–water partition coefficient (Wildman–Crippen LogP) is 1.56. The maximum Gasteiger partial charge on any atom is 0.243 e. The van der Waals surface area contributed by atoms with Gasteiger partial charge in [0.25, 0.3) is 0 Å². The van der Waals surface area contributed by atoms with Gasteiger partial charge in [-0.3, -0.25) is 4.79 Å². The van der Waals surface area contributed by atoms with Crippen LogP contribution in [0.1, 0.15) is 26.2 Å². The van der Waals surface area contributed by atoms with Crippen LogP contribution in [0.15, 0.2) is 29.2 Å². The zero-order valence-electron chi connectivity index (χ0n) is 13.7. The third-order valence-electron chi connectivity index (χ3n) is 4.32. The molecule has 2 heterocycles. The summed E-state index contributed by atoms with van der Waals surface area (Å²) in [5.41, 5.74) is 0.572. The zero-order valence-corrected chi connectivity index (χ0v) is 14.5. The highest BCUT2D eigenvalue weighted by Gasteiger charge is 2.41. The minimum Gasteiger partial charge on any atom is -0.350 e. The first kappa shape index (κ1) is 17.3. The molecule has 3 rings (SSSR count). The average molecular weight is 354 g/mol. The first-order valence-electron chi connectivity index (χ1n) is 8.07. The van der Waals surface area contributed by atoms with Crippen LogP contribution >= 0.6 is 0 Å². The van der Waals surface area contributed by atoms with E-state index in [1.54, 1.807) is 12.1 Å². The Morgan fingerprint density at radius 3 is 2.25 bits per heavy atom. The molecule has 0 saturated carbocycles. The van der Waals surface area contributed by atoms with E-state index in [0.717, 1.165) is 6.42 Å². The molecule has 132 valence electrons. The van der Waals surface area contributed by atoms with E-state index in [-0.39, 0.29) is 10.8 Å². The summed E-state index contributed by atoms with van der Waals surface area (Å²) < 4.78 is 38.4. The fraction of sp³-hybridized carbons (Fsp3) is 0.562. The number of sulfonamides is 1. The second kappa shape index (κ2) is 6.79. The molecule has 0 radical (unpaired) electrons. The van der Waals surface area contributed by atoms with Crippen molar-refractivity contribution in [1.29, 1.82) is 0 Å². The van der Waals surface area contributed by atoms with Crippen molar-refractivity contribution in [3.05, 3.63) is 24.3 Å². The fourth-order valence-electron chi connectivity index (χ4n) is 3.04. The molecule has 2 fully saturated rings. The number of hydrogen-bond acceptors (Lipinski definition) is 5. The van der Waals surface area contributed by atoms with Crippen molar-refractivity contribution in [2.75, 3.05) is 31.6 Å². The van der Waals surface area contributed by atoms with Crippen molar-refractivity contribution < 1.29 is 22.7 Å². The van der Waals surface area contributed by atoms with E-state index in [1.165, 1.54) is 23.4 Å². The summed E-state index contributed by atoms with van der Waals surface area (Å²) in [6, 6.07) is 6.21. The molecule has 0 bridgehead atoms. The molecule has 2 aliphatic heterocycles. The molecule has 0 atom stereocenters. The molecule has 1 spiro atoms. The Morgan fingerprint density at radius 2 is 1.71 bits per heavy atom. The fourth-order valence-corrected chi connectivity index (χ4v) is 4.48. The lowest BCUT2D eigenvalue weighted by atomic mass is 10.0. The number of anilines is 1. The molecule has 24 heavy (non-hydrogen) atoms. The van der Waals surface area contributed by atoms with E-state index in [9.17, 15) is 13.2 Å². The molecule has 7 nitrogen and oxygen atoms in total. The van der Waals surface area contributed by atoms with Crippen LogP contribution in [0.4, 0.5) is 5.69 Å². The van der Waals surface area contributed by atoms with Gasteiger partial charge < -0.3 is 14.8 Å². The Bertz CT molecular complexity index is 686. The van der Waals surface area contributed by atoms with E-state index in [4.69, 9.17) is 9.47 Å². The van der Waals surface area contributed by atoms with Gasteiger partial charge in [-0.15, -0.1) is 0 Å². The zero-order chi connectivity index (χ0) is 17.2. The van der Waals surface area contributed by atoms with Crippen molar-refractivity contribution in [2.24, 2.45) is 0 Å². The molecule has 0 aliphatic carbocycles. The lowest BCUT2D eigenvalue weighted by Crippen LogP contribution is -2.51. The molecule has 1 amide bonds. The number of benzene rings is 1. The monoisotopic (exact) mass is 354 g/mol. The van der Waals surface area contributed by atoms with Gasteiger partial charge in [0, 0.05) is 38.5 Å². The van der Waals surface area contributed by atoms with Crippen molar-refractivity contribution in [2.45, 2.75) is 36.9 Å². The lowest BCUT2D eigenvalue weighted by molar-refractivity contribution is -0.280. The van der Waals surface area contributed by atoms with Crippen molar-refractivity contribution in [1.82, 2.24) is 4.31 Å². The van der Waals surface area contributed by atoms with Gasteiger partial charge in [-0.1, -0.05) is 0 Å². The van der Waals surface area contributed by atoms with Gasteiger partial charge in [0.15, 0.2) is 5.79 Å². The van der Waals surface area contributed by atoms with Crippen molar-refractivity contribution >= 4 is 21.6 Å². The Labute approximate surface area is 142 Å². The van der Waals surface area contributed by atoms with Gasteiger partial charge in [-0.2, -0.15) is 4.31 Å². The predicted molar refractivity (Wildman–Crippen MR) is 88.0 cm³/mol. The van der Waals surface area contributed by atoms with Crippen LogP contribution in [-0.2, 0) is 24.3 Å². The third kappa shape index (κ3) is 3.61. The maximum absolute atomic E-state index is 12.7. The maximum atomic E-state index is 12.7. The standard InChI is InChI=1S/C16H22N2O5S/c1-13(19)17-14-3-5-15(6-4-14)24(20,21)18-9-7-16(8-10-18)22-11-2-12-23-16/h3-6H,2,7-12H2,1H3,(H,17,19). The molecule has 0 aromatic heterocycles. The van der Waals surface area contributed by atoms with E-state index in [2.05, 4.69) is 5.32 Å². The summed E-state index contributed by atoms with van der Waals surface area (Å²) in [6.07, 6.45) is 1.96. The normalized spacial score (nSPS) is 21.5. The van der Waals surface area contributed by atoms with Gasteiger partial charge in [0.2, 0.25) is 15.9 Å². The smallest absolute Gasteiger partial charge is 0.243 e. The molecule has 1 aromatic carbocycles. The Balaban J connectivity index is 1.68. The van der Waals surface area contributed by atoms with Gasteiger partial charge in [-0.05, 0) is 30.7 Å². The molecular formula is C16H22N2O5S. The Morgan fingerprint density at radius 1 is 1.12 bits per heavy atom. The Hall–Kier alpha value is -1.48. The summed E-state index contributed by atoms with van der Waals surface area (Å²) in [5.74, 6) is -0.807. The Kier molecular flexibility index (Phi) is 4.91.